The van der Waals surface area contributed by atoms with Crippen molar-refractivity contribution in [1.82, 2.24) is 0 Å². The first-order chi connectivity index (χ1) is 15.6. The van der Waals surface area contributed by atoms with Crippen LogP contribution in [-0.2, 0) is 16.0 Å². The van der Waals surface area contributed by atoms with Crippen molar-refractivity contribution >= 4 is 5.97 Å². The summed E-state index contributed by atoms with van der Waals surface area (Å²) in [6, 6.07) is 22.7. The Morgan fingerprint density at radius 3 is 2.44 bits per heavy atom. The number of carbonyl (C=O) groups is 1. The van der Waals surface area contributed by atoms with Gasteiger partial charge in [0.1, 0.15) is 5.75 Å². The molecule has 1 aromatic heterocycles. The van der Waals surface area contributed by atoms with Crippen molar-refractivity contribution in [1.29, 1.82) is 0 Å². The lowest BCUT2D eigenvalue weighted by Gasteiger charge is -2.17. The zero-order chi connectivity index (χ0) is 22.8. The van der Waals surface area contributed by atoms with Crippen LogP contribution >= 0.6 is 0 Å². The number of ether oxygens (including phenoxy) is 2. The zero-order valence-corrected chi connectivity index (χ0v) is 18.4. The summed E-state index contributed by atoms with van der Waals surface area (Å²) in [4.78, 5) is 12.1. The quantitative estimate of drug-likeness (QED) is 0.279. The van der Waals surface area contributed by atoms with Crippen LogP contribution in [0.15, 0.2) is 79.0 Å². The fourth-order valence-electron chi connectivity index (χ4n) is 3.64. The van der Waals surface area contributed by atoms with Gasteiger partial charge in [-0.15, -0.1) is 0 Å². The Morgan fingerprint density at radius 1 is 1.03 bits per heavy atom. The van der Waals surface area contributed by atoms with E-state index in [1.54, 1.807) is 18.2 Å². The van der Waals surface area contributed by atoms with Crippen LogP contribution in [0.1, 0.15) is 48.5 Å². The number of benzene rings is 2. The number of nitrogens with two attached hydrogens (primary N) is 1. The third-order valence-electron chi connectivity index (χ3n) is 5.33. The molecule has 3 aromatic rings. The number of aromatic nitrogens is 1. The van der Waals surface area contributed by atoms with Crippen molar-refractivity contribution in [2.24, 2.45) is 5.73 Å². The average Bonchev–Trinajstić information content (AvgIpc) is 2.81. The number of rotatable bonds is 11. The summed E-state index contributed by atoms with van der Waals surface area (Å²) >= 11 is 0. The molecule has 168 valence electrons. The summed E-state index contributed by atoms with van der Waals surface area (Å²) in [5.74, 6) is 0.603. The molecule has 0 aliphatic rings. The van der Waals surface area contributed by atoms with Crippen molar-refractivity contribution < 1.29 is 19.0 Å². The SMILES string of the molecule is CCOC(=O)CC(Cc1ccc(OCC[C@@H](N)c2cccc[n+]2[O-])cc1)c1ccccc1. The van der Waals surface area contributed by atoms with Gasteiger partial charge in [0.25, 0.3) is 0 Å². The lowest BCUT2D eigenvalue weighted by atomic mass is 9.89. The molecule has 0 aliphatic carbocycles. The molecule has 0 bridgehead atoms. The number of nitrogens with zero attached hydrogens (tertiary/aromatic N) is 1. The van der Waals surface area contributed by atoms with E-state index in [0.29, 0.717) is 31.7 Å². The fraction of sp³-hybridized carbons (Fsp3) is 0.308. The second kappa shape index (κ2) is 11.9. The summed E-state index contributed by atoms with van der Waals surface area (Å²) in [6.45, 7) is 2.61. The minimum absolute atomic E-state index is 0.0460. The van der Waals surface area contributed by atoms with Crippen molar-refractivity contribution in [3.63, 3.8) is 0 Å². The average molecular weight is 435 g/mol. The molecule has 0 saturated carbocycles. The molecule has 0 spiro atoms. The van der Waals surface area contributed by atoms with Crippen LogP contribution in [0.5, 0.6) is 5.75 Å². The van der Waals surface area contributed by atoms with Gasteiger partial charge in [0.15, 0.2) is 6.20 Å². The van der Waals surface area contributed by atoms with Gasteiger partial charge >= 0.3 is 5.97 Å². The molecule has 2 aromatic carbocycles. The first-order valence-corrected chi connectivity index (χ1v) is 10.9. The van der Waals surface area contributed by atoms with Gasteiger partial charge in [-0.3, -0.25) is 4.79 Å². The lowest BCUT2D eigenvalue weighted by Crippen LogP contribution is -2.35. The van der Waals surface area contributed by atoms with Crippen molar-refractivity contribution in [2.45, 2.75) is 38.1 Å². The van der Waals surface area contributed by atoms with Crippen LogP contribution in [0.4, 0.5) is 0 Å². The van der Waals surface area contributed by atoms with E-state index in [1.807, 2.05) is 61.5 Å². The van der Waals surface area contributed by atoms with E-state index in [1.165, 1.54) is 6.20 Å². The third-order valence-corrected chi connectivity index (χ3v) is 5.33. The topological polar surface area (TPSA) is 88.5 Å². The Balaban J connectivity index is 1.56. The smallest absolute Gasteiger partial charge is 0.306 e. The summed E-state index contributed by atoms with van der Waals surface area (Å²) in [7, 11) is 0. The molecule has 6 nitrogen and oxygen atoms in total. The highest BCUT2D eigenvalue weighted by atomic mass is 16.5. The van der Waals surface area contributed by atoms with Gasteiger partial charge in [0, 0.05) is 18.6 Å². The molecule has 2 atom stereocenters. The zero-order valence-electron chi connectivity index (χ0n) is 18.4. The maximum Gasteiger partial charge on any atom is 0.306 e. The molecule has 6 heteroatoms. The first-order valence-electron chi connectivity index (χ1n) is 10.9. The number of carbonyl (C=O) groups excluding carboxylic acids is 1. The van der Waals surface area contributed by atoms with Crippen molar-refractivity contribution in [3.8, 4) is 5.75 Å². The van der Waals surface area contributed by atoms with Gasteiger partial charge in [-0.2, -0.15) is 4.73 Å². The second-order valence-corrected chi connectivity index (χ2v) is 7.66. The Morgan fingerprint density at radius 2 is 1.75 bits per heavy atom. The predicted octanol–water partition coefficient (Wildman–Crippen LogP) is 4.07. The minimum atomic E-state index is -0.387. The van der Waals surface area contributed by atoms with Crippen molar-refractivity contribution in [2.75, 3.05) is 13.2 Å². The van der Waals surface area contributed by atoms with Crippen LogP contribution in [0.25, 0.3) is 0 Å². The molecule has 1 heterocycles. The van der Waals surface area contributed by atoms with Gasteiger partial charge < -0.3 is 20.4 Å². The largest absolute Gasteiger partial charge is 0.618 e. The van der Waals surface area contributed by atoms with Crippen LogP contribution in [0, 0.1) is 5.21 Å². The highest BCUT2D eigenvalue weighted by molar-refractivity contribution is 5.70. The van der Waals surface area contributed by atoms with Gasteiger partial charge in [-0.25, -0.2) is 0 Å². The van der Waals surface area contributed by atoms with Gasteiger partial charge in [0.2, 0.25) is 5.69 Å². The molecule has 1 unspecified atom stereocenters. The molecule has 32 heavy (non-hydrogen) atoms. The molecule has 0 fully saturated rings. The van der Waals surface area contributed by atoms with Crippen LogP contribution in [-0.4, -0.2) is 19.2 Å². The summed E-state index contributed by atoms with van der Waals surface area (Å²) in [6.07, 6.45) is 3.04. The number of hydrogen-bond acceptors (Lipinski definition) is 5. The van der Waals surface area contributed by atoms with Crippen LogP contribution < -0.4 is 15.2 Å². The van der Waals surface area contributed by atoms with E-state index >= 15 is 0 Å². The van der Waals surface area contributed by atoms with E-state index in [-0.39, 0.29) is 17.9 Å². The highest BCUT2D eigenvalue weighted by Gasteiger charge is 2.18. The second-order valence-electron chi connectivity index (χ2n) is 7.66. The Kier molecular flexibility index (Phi) is 8.63. The number of pyridine rings is 1. The molecule has 3 rings (SSSR count). The summed E-state index contributed by atoms with van der Waals surface area (Å²) in [5.41, 5.74) is 8.88. The Bertz CT molecular complexity index is 977. The van der Waals surface area contributed by atoms with Gasteiger partial charge in [0.05, 0.1) is 25.7 Å². The van der Waals surface area contributed by atoms with E-state index in [2.05, 4.69) is 0 Å². The predicted molar refractivity (Wildman–Crippen MR) is 123 cm³/mol. The van der Waals surface area contributed by atoms with E-state index in [4.69, 9.17) is 15.2 Å². The number of hydrogen-bond donors (Lipinski definition) is 1. The molecule has 0 amide bonds. The Labute approximate surface area is 189 Å². The monoisotopic (exact) mass is 434 g/mol. The maximum absolute atomic E-state index is 12.1. The van der Waals surface area contributed by atoms with Gasteiger partial charge in [-0.1, -0.05) is 42.5 Å². The summed E-state index contributed by atoms with van der Waals surface area (Å²) in [5, 5.41) is 11.8. The minimum Gasteiger partial charge on any atom is -0.618 e. The number of esters is 1. The first kappa shape index (κ1) is 23.3. The third kappa shape index (κ3) is 6.82. The lowest BCUT2D eigenvalue weighted by molar-refractivity contribution is -0.615. The van der Waals surface area contributed by atoms with E-state index in [9.17, 15) is 10.0 Å². The standard InChI is InChI=1S/C26H30N2O4/c1-2-31-26(29)19-22(21-8-4-3-5-9-21)18-20-11-13-23(14-12-20)32-17-15-24(27)25-10-6-7-16-28(25)30/h3-14,16,22,24H,2,15,17-19,27H2,1H3/t22?,24-/m1/s1. The summed E-state index contributed by atoms with van der Waals surface area (Å²) < 4.78 is 11.8. The van der Waals surface area contributed by atoms with E-state index in [0.717, 1.165) is 28.0 Å². The van der Waals surface area contributed by atoms with E-state index < -0.39 is 0 Å². The Hall–Kier alpha value is -3.38. The molecule has 0 aliphatic heterocycles. The molecule has 0 radical (unpaired) electrons. The maximum atomic E-state index is 12.1. The van der Waals surface area contributed by atoms with Crippen LogP contribution in [0.3, 0.4) is 0 Å². The highest BCUT2D eigenvalue weighted by Crippen LogP contribution is 2.26. The molecular weight excluding hydrogens is 404 g/mol. The normalized spacial score (nSPS) is 12.7. The molecule has 2 N–H and O–H groups in total. The fourth-order valence-corrected chi connectivity index (χ4v) is 3.64. The molecule has 0 saturated heterocycles. The van der Waals surface area contributed by atoms with Gasteiger partial charge in [-0.05, 0) is 48.6 Å². The molecular formula is C26H30N2O4. The van der Waals surface area contributed by atoms with Crippen molar-refractivity contribution in [3.05, 3.63) is 101 Å². The van der Waals surface area contributed by atoms with Crippen LogP contribution in [0.2, 0.25) is 0 Å².